The molecular formula is C13H18N2O2S. The van der Waals surface area contributed by atoms with Crippen LogP contribution in [0.4, 0.5) is 0 Å². The number of thioether (sulfide) groups is 1. The molecule has 98 valence electrons. The molecular weight excluding hydrogens is 248 g/mol. The fourth-order valence-corrected chi connectivity index (χ4v) is 2.73. The van der Waals surface area contributed by atoms with Gasteiger partial charge in [-0.25, -0.2) is 0 Å². The first-order valence-electron chi connectivity index (χ1n) is 6.10. The SMILES string of the molecule is CCOc1cccc(CNC(=O)C2CSCN2)c1. The maximum absolute atomic E-state index is 11.8. The predicted octanol–water partition coefficient (Wildman–Crippen LogP) is 1.36. The van der Waals surface area contributed by atoms with Crippen LogP contribution in [-0.4, -0.2) is 30.2 Å². The number of hydrogen-bond acceptors (Lipinski definition) is 4. The van der Waals surface area contributed by atoms with Crippen LogP contribution in [0.5, 0.6) is 5.75 Å². The molecule has 1 aliphatic rings. The summed E-state index contributed by atoms with van der Waals surface area (Å²) in [7, 11) is 0. The number of carbonyl (C=O) groups is 1. The molecule has 5 heteroatoms. The van der Waals surface area contributed by atoms with Crippen molar-refractivity contribution in [3.63, 3.8) is 0 Å². The third-order valence-corrected chi connectivity index (χ3v) is 3.65. The molecule has 0 bridgehead atoms. The highest BCUT2D eigenvalue weighted by Gasteiger charge is 2.21. The van der Waals surface area contributed by atoms with Crippen LogP contribution in [0.1, 0.15) is 12.5 Å². The highest BCUT2D eigenvalue weighted by atomic mass is 32.2. The summed E-state index contributed by atoms with van der Waals surface area (Å²) in [6, 6.07) is 7.76. The minimum atomic E-state index is -0.0509. The van der Waals surface area contributed by atoms with Crippen molar-refractivity contribution >= 4 is 17.7 Å². The lowest BCUT2D eigenvalue weighted by atomic mass is 10.2. The van der Waals surface area contributed by atoms with Crippen LogP contribution in [0.15, 0.2) is 24.3 Å². The molecule has 1 amide bonds. The van der Waals surface area contributed by atoms with Gasteiger partial charge in [-0.15, -0.1) is 11.8 Å². The largest absolute Gasteiger partial charge is 0.494 e. The number of rotatable bonds is 5. The van der Waals surface area contributed by atoms with Gasteiger partial charge in [0, 0.05) is 18.2 Å². The van der Waals surface area contributed by atoms with Crippen molar-refractivity contribution in [1.29, 1.82) is 0 Å². The number of nitrogens with one attached hydrogen (secondary N) is 2. The summed E-state index contributed by atoms with van der Waals surface area (Å²) >= 11 is 1.75. The summed E-state index contributed by atoms with van der Waals surface area (Å²) in [4.78, 5) is 11.8. The molecule has 18 heavy (non-hydrogen) atoms. The first kappa shape index (κ1) is 13.2. The molecule has 1 aromatic carbocycles. The fraction of sp³-hybridized carbons (Fsp3) is 0.462. The van der Waals surface area contributed by atoms with Crippen LogP contribution in [0, 0.1) is 0 Å². The van der Waals surface area contributed by atoms with Crippen molar-refractivity contribution in [3.8, 4) is 5.75 Å². The van der Waals surface area contributed by atoms with E-state index in [1.807, 2.05) is 31.2 Å². The van der Waals surface area contributed by atoms with E-state index in [-0.39, 0.29) is 11.9 Å². The predicted molar refractivity (Wildman–Crippen MR) is 73.7 cm³/mol. The van der Waals surface area contributed by atoms with E-state index in [2.05, 4.69) is 10.6 Å². The highest BCUT2D eigenvalue weighted by Crippen LogP contribution is 2.13. The highest BCUT2D eigenvalue weighted by molar-refractivity contribution is 7.99. The quantitative estimate of drug-likeness (QED) is 0.845. The van der Waals surface area contributed by atoms with Crippen molar-refractivity contribution < 1.29 is 9.53 Å². The minimum Gasteiger partial charge on any atom is -0.494 e. The van der Waals surface area contributed by atoms with Gasteiger partial charge in [0.1, 0.15) is 5.75 Å². The van der Waals surface area contributed by atoms with E-state index in [1.54, 1.807) is 11.8 Å². The molecule has 1 heterocycles. The Bertz CT molecular complexity index is 406. The Hall–Kier alpha value is -1.20. The zero-order chi connectivity index (χ0) is 12.8. The standard InChI is InChI=1S/C13H18N2O2S/c1-2-17-11-5-3-4-10(6-11)7-14-13(16)12-8-18-9-15-12/h3-6,12,15H,2,7-9H2,1H3,(H,14,16). The third-order valence-electron chi connectivity index (χ3n) is 2.71. The molecule has 1 saturated heterocycles. The van der Waals surface area contributed by atoms with Gasteiger partial charge in [0.2, 0.25) is 5.91 Å². The molecule has 0 saturated carbocycles. The molecule has 2 N–H and O–H groups in total. The van der Waals surface area contributed by atoms with Crippen molar-refractivity contribution in [2.75, 3.05) is 18.2 Å². The first-order chi connectivity index (χ1) is 8.79. The molecule has 1 aliphatic heterocycles. The lowest BCUT2D eigenvalue weighted by Gasteiger charge is -2.11. The molecule has 0 radical (unpaired) electrons. The Labute approximate surface area is 111 Å². The van der Waals surface area contributed by atoms with Crippen LogP contribution in [0.2, 0.25) is 0 Å². The van der Waals surface area contributed by atoms with Crippen LogP contribution < -0.4 is 15.4 Å². The Kier molecular flexibility index (Phi) is 4.90. The van der Waals surface area contributed by atoms with Gasteiger partial charge in [-0.3, -0.25) is 10.1 Å². The molecule has 0 aromatic heterocycles. The van der Waals surface area contributed by atoms with Crippen LogP contribution in [0.25, 0.3) is 0 Å². The van der Waals surface area contributed by atoms with Gasteiger partial charge >= 0.3 is 0 Å². The average Bonchev–Trinajstić information content (AvgIpc) is 2.91. The number of benzene rings is 1. The first-order valence-corrected chi connectivity index (χ1v) is 7.25. The third kappa shape index (κ3) is 3.65. The van der Waals surface area contributed by atoms with E-state index in [0.29, 0.717) is 13.2 Å². The molecule has 0 aliphatic carbocycles. The Morgan fingerprint density at radius 3 is 3.22 bits per heavy atom. The number of amides is 1. The van der Waals surface area contributed by atoms with Gasteiger partial charge in [0.25, 0.3) is 0 Å². The smallest absolute Gasteiger partial charge is 0.238 e. The second kappa shape index (κ2) is 6.66. The zero-order valence-corrected chi connectivity index (χ0v) is 11.3. The normalized spacial score (nSPS) is 18.6. The van der Waals surface area contributed by atoms with E-state index >= 15 is 0 Å². The molecule has 0 spiro atoms. The van der Waals surface area contributed by atoms with Crippen LogP contribution in [-0.2, 0) is 11.3 Å². The second-order valence-corrected chi connectivity index (χ2v) is 5.10. The second-order valence-electron chi connectivity index (χ2n) is 4.07. The Morgan fingerprint density at radius 1 is 1.61 bits per heavy atom. The van der Waals surface area contributed by atoms with Crippen molar-refractivity contribution in [2.45, 2.75) is 19.5 Å². The summed E-state index contributed by atoms with van der Waals surface area (Å²) in [6.07, 6.45) is 0. The van der Waals surface area contributed by atoms with Crippen molar-refractivity contribution in [1.82, 2.24) is 10.6 Å². The van der Waals surface area contributed by atoms with Crippen LogP contribution in [0.3, 0.4) is 0 Å². The van der Waals surface area contributed by atoms with Crippen molar-refractivity contribution in [2.24, 2.45) is 0 Å². The van der Waals surface area contributed by atoms with Gasteiger partial charge in [0.05, 0.1) is 12.6 Å². The lowest BCUT2D eigenvalue weighted by Crippen LogP contribution is -2.41. The monoisotopic (exact) mass is 266 g/mol. The molecule has 4 nitrogen and oxygen atoms in total. The number of hydrogen-bond donors (Lipinski definition) is 2. The lowest BCUT2D eigenvalue weighted by molar-refractivity contribution is -0.122. The maximum Gasteiger partial charge on any atom is 0.238 e. The summed E-state index contributed by atoms with van der Waals surface area (Å²) in [5.41, 5.74) is 1.06. The van der Waals surface area contributed by atoms with E-state index in [9.17, 15) is 4.79 Å². The van der Waals surface area contributed by atoms with Gasteiger partial charge in [-0.2, -0.15) is 0 Å². The fourth-order valence-electron chi connectivity index (χ4n) is 1.79. The van der Waals surface area contributed by atoms with E-state index in [4.69, 9.17) is 4.74 Å². The Morgan fingerprint density at radius 2 is 2.50 bits per heavy atom. The van der Waals surface area contributed by atoms with Gasteiger partial charge in [0.15, 0.2) is 0 Å². The summed E-state index contributed by atoms with van der Waals surface area (Å²) in [5, 5.41) is 6.09. The topological polar surface area (TPSA) is 50.4 Å². The van der Waals surface area contributed by atoms with E-state index < -0.39 is 0 Å². The summed E-state index contributed by atoms with van der Waals surface area (Å²) in [5.74, 6) is 2.63. The number of ether oxygens (including phenoxy) is 1. The van der Waals surface area contributed by atoms with Gasteiger partial charge in [-0.1, -0.05) is 12.1 Å². The zero-order valence-electron chi connectivity index (χ0n) is 10.4. The van der Waals surface area contributed by atoms with Gasteiger partial charge in [-0.05, 0) is 24.6 Å². The minimum absolute atomic E-state index is 0.0509. The summed E-state index contributed by atoms with van der Waals surface area (Å²) < 4.78 is 5.42. The van der Waals surface area contributed by atoms with Gasteiger partial charge < -0.3 is 10.1 Å². The van der Waals surface area contributed by atoms with E-state index in [1.165, 1.54) is 0 Å². The number of carbonyl (C=O) groups excluding carboxylic acids is 1. The Balaban J connectivity index is 1.85. The molecule has 1 atom stereocenters. The average molecular weight is 266 g/mol. The van der Waals surface area contributed by atoms with E-state index in [0.717, 1.165) is 22.9 Å². The maximum atomic E-state index is 11.8. The molecule has 2 rings (SSSR count). The van der Waals surface area contributed by atoms with Crippen molar-refractivity contribution in [3.05, 3.63) is 29.8 Å². The summed E-state index contributed by atoms with van der Waals surface area (Å²) in [6.45, 7) is 3.15. The molecule has 1 fully saturated rings. The molecule has 1 unspecified atom stereocenters. The molecule has 1 aromatic rings. The van der Waals surface area contributed by atoms with Crippen LogP contribution >= 0.6 is 11.8 Å².